The lowest BCUT2D eigenvalue weighted by Crippen LogP contribution is -2.36. The summed E-state index contributed by atoms with van der Waals surface area (Å²) >= 11 is 0. The predicted octanol–water partition coefficient (Wildman–Crippen LogP) is 5.16. The van der Waals surface area contributed by atoms with Crippen molar-refractivity contribution in [1.82, 2.24) is 25.1 Å². The Hall–Kier alpha value is -4.91. The van der Waals surface area contributed by atoms with Gasteiger partial charge in [-0.3, -0.25) is 0 Å². The van der Waals surface area contributed by atoms with Crippen molar-refractivity contribution in [3.05, 3.63) is 83.8 Å². The van der Waals surface area contributed by atoms with Crippen LogP contribution in [0.1, 0.15) is 50.6 Å². The van der Waals surface area contributed by atoms with E-state index in [1.165, 1.54) is 6.33 Å². The number of nitrogens with one attached hydrogen (secondary N) is 3. The molecule has 5 rings (SSSR count). The Morgan fingerprint density at radius 3 is 2.70 bits per heavy atom. The van der Waals surface area contributed by atoms with Crippen molar-refractivity contribution in [2.75, 3.05) is 10.6 Å². The van der Waals surface area contributed by atoms with Crippen LogP contribution in [-0.4, -0.2) is 37.6 Å². The largest absolute Gasteiger partial charge is 0.382 e. The molecule has 0 aliphatic carbocycles. The molecule has 2 aromatic heterocycles. The second-order valence-electron chi connectivity index (χ2n) is 9.89. The lowest BCUT2D eigenvalue weighted by atomic mass is 10.1. The van der Waals surface area contributed by atoms with E-state index in [-0.39, 0.29) is 24.1 Å². The standard InChI is InChI=1S/C27H33N13/c1-17(2)33-37-34-25(28)19-7-5-10-23(13-19)32-27-24-21(11-12-39(24)31-16-30-27)15-29-22-9-6-8-20(14-22)26-35-38-40(36-26)18(3)4/h5-14,16-18,26,29,36H,15H2,1-4H3,(H2,28,33,34)(H,30,31,32). The van der Waals surface area contributed by atoms with E-state index < -0.39 is 0 Å². The number of anilines is 3. The van der Waals surface area contributed by atoms with Crippen molar-refractivity contribution in [2.45, 2.75) is 52.5 Å². The van der Waals surface area contributed by atoms with Crippen molar-refractivity contribution in [3.8, 4) is 0 Å². The molecule has 3 heterocycles. The SMILES string of the molecule is CC(C)N=NN=C(N)c1cccc(Nc2ncnn3ccc(CNc4cccc(C5N=NN(C(C)C)N5)c4)c23)c1. The number of aromatic nitrogens is 3. The van der Waals surface area contributed by atoms with E-state index in [0.717, 1.165) is 33.6 Å². The molecule has 13 heteroatoms. The molecule has 0 saturated heterocycles. The predicted molar refractivity (Wildman–Crippen MR) is 155 cm³/mol. The van der Waals surface area contributed by atoms with Gasteiger partial charge in [0.2, 0.25) is 0 Å². The summed E-state index contributed by atoms with van der Waals surface area (Å²) in [7, 11) is 0. The van der Waals surface area contributed by atoms with Gasteiger partial charge in [0.05, 0.1) is 12.1 Å². The number of hydrogen-bond acceptors (Lipinski definition) is 10. The van der Waals surface area contributed by atoms with Crippen LogP contribution in [0.3, 0.4) is 0 Å². The molecule has 40 heavy (non-hydrogen) atoms. The number of hydrogen-bond donors (Lipinski definition) is 4. The summed E-state index contributed by atoms with van der Waals surface area (Å²) in [6.07, 6.45) is 3.22. The van der Waals surface area contributed by atoms with E-state index in [4.69, 9.17) is 5.73 Å². The quantitative estimate of drug-likeness (QED) is 0.0938. The van der Waals surface area contributed by atoms with Crippen molar-refractivity contribution in [3.63, 3.8) is 0 Å². The Kier molecular flexibility index (Phi) is 7.92. The first-order valence-electron chi connectivity index (χ1n) is 13.1. The van der Waals surface area contributed by atoms with Crippen molar-refractivity contribution in [1.29, 1.82) is 0 Å². The molecular weight excluding hydrogens is 506 g/mol. The maximum atomic E-state index is 6.12. The fraction of sp³-hybridized carbons (Fsp3) is 0.296. The van der Waals surface area contributed by atoms with Gasteiger partial charge in [-0.05, 0) is 68.8 Å². The molecule has 13 nitrogen and oxygen atoms in total. The van der Waals surface area contributed by atoms with E-state index in [1.807, 2.05) is 68.6 Å². The second kappa shape index (κ2) is 11.9. The molecule has 0 radical (unpaired) electrons. The van der Waals surface area contributed by atoms with Gasteiger partial charge in [-0.15, -0.1) is 10.2 Å². The van der Waals surface area contributed by atoms with Crippen LogP contribution in [0, 0.1) is 0 Å². The maximum absolute atomic E-state index is 6.12. The van der Waals surface area contributed by atoms with Crippen molar-refractivity contribution in [2.24, 2.45) is 31.5 Å². The van der Waals surface area contributed by atoms with E-state index in [9.17, 15) is 0 Å². The highest BCUT2D eigenvalue weighted by atomic mass is 15.8. The first kappa shape index (κ1) is 26.7. The average molecular weight is 540 g/mol. The van der Waals surface area contributed by atoms with Gasteiger partial charge in [0.1, 0.15) is 11.8 Å². The van der Waals surface area contributed by atoms with E-state index >= 15 is 0 Å². The monoisotopic (exact) mass is 539 g/mol. The molecule has 206 valence electrons. The summed E-state index contributed by atoms with van der Waals surface area (Å²) in [6.45, 7) is 8.53. The van der Waals surface area contributed by atoms with E-state index in [0.29, 0.717) is 12.4 Å². The van der Waals surface area contributed by atoms with Crippen LogP contribution >= 0.6 is 0 Å². The zero-order chi connectivity index (χ0) is 28.1. The van der Waals surface area contributed by atoms with Gasteiger partial charge in [-0.25, -0.2) is 14.6 Å². The molecule has 5 N–H and O–H groups in total. The van der Waals surface area contributed by atoms with Crippen molar-refractivity contribution < 1.29 is 0 Å². The molecule has 1 aliphatic rings. The summed E-state index contributed by atoms with van der Waals surface area (Å²) in [5, 5.41) is 33.4. The maximum Gasteiger partial charge on any atom is 0.166 e. The highest BCUT2D eigenvalue weighted by molar-refractivity contribution is 5.98. The third-order valence-electron chi connectivity index (χ3n) is 6.09. The third-order valence-corrected chi connectivity index (χ3v) is 6.09. The summed E-state index contributed by atoms with van der Waals surface area (Å²) in [4.78, 5) is 4.52. The number of amidine groups is 1. The van der Waals surface area contributed by atoms with Crippen LogP contribution in [0.4, 0.5) is 17.2 Å². The van der Waals surface area contributed by atoms with Crippen LogP contribution in [0.2, 0.25) is 0 Å². The smallest absolute Gasteiger partial charge is 0.166 e. The molecule has 0 spiro atoms. The highest BCUT2D eigenvalue weighted by Gasteiger charge is 2.22. The molecule has 1 atom stereocenters. The number of benzene rings is 2. The van der Waals surface area contributed by atoms with Crippen LogP contribution < -0.4 is 21.8 Å². The Labute approximate surface area is 232 Å². The third kappa shape index (κ3) is 6.21. The van der Waals surface area contributed by atoms with Crippen LogP contribution in [0.15, 0.2) is 92.9 Å². The molecule has 0 bridgehead atoms. The fourth-order valence-corrected chi connectivity index (χ4v) is 4.07. The molecular formula is C27H33N13. The molecule has 4 aromatic rings. The minimum atomic E-state index is -0.211. The Bertz CT molecular complexity index is 1550. The number of rotatable bonds is 10. The molecule has 1 unspecified atom stereocenters. The minimum absolute atomic E-state index is 0.0471. The van der Waals surface area contributed by atoms with E-state index in [1.54, 1.807) is 9.63 Å². The summed E-state index contributed by atoms with van der Waals surface area (Å²) in [5.41, 5.74) is 14.8. The molecule has 0 amide bonds. The second-order valence-corrected chi connectivity index (χ2v) is 9.89. The number of fused-ring (bicyclic) bond motifs is 1. The molecule has 2 aromatic carbocycles. The van der Waals surface area contributed by atoms with Gasteiger partial charge in [-0.1, -0.05) is 29.5 Å². The minimum Gasteiger partial charge on any atom is -0.382 e. The summed E-state index contributed by atoms with van der Waals surface area (Å²) in [6, 6.07) is 18.0. The Morgan fingerprint density at radius 1 is 1.07 bits per heavy atom. The van der Waals surface area contributed by atoms with Crippen LogP contribution in [-0.2, 0) is 6.54 Å². The number of nitrogens with two attached hydrogens (primary N) is 1. The summed E-state index contributed by atoms with van der Waals surface area (Å²) < 4.78 is 1.80. The van der Waals surface area contributed by atoms with Gasteiger partial charge in [0.15, 0.2) is 17.8 Å². The first-order chi connectivity index (χ1) is 19.4. The van der Waals surface area contributed by atoms with Gasteiger partial charge in [-0.2, -0.15) is 15.6 Å². The van der Waals surface area contributed by atoms with Gasteiger partial charge >= 0.3 is 0 Å². The fourth-order valence-electron chi connectivity index (χ4n) is 4.07. The number of hydrazine groups is 1. The molecule has 1 aliphatic heterocycles. The van der Waals surface area contributed by atoms with Gasteiger partial charge < -0.3 is 16.4 Å². The topological polar surface area (TPSA) is 157 Å². The molecule has 0 saturated carbocycles. The van der Waals surface area contributed by atoms with Gasteiger partial charge in [0, 0.05) is 35.2 Å². The van der Waals surface area contributed by atoms with Crippen molar-refractivity contribution >= 4 is 28.5 Å². The Balaban J connectivity index is 1.32. The molecule has 0 fully saturated rings. The normalized spacial score (nSPS) is 15.7. The highest BCUT2D eigenvalue weighted by Crippen LogP contribution is 2.26. The van der Waals surface area contributed by atoms with Crippen LogP contribution in [0.25, 0.3) is 5.52 Å². The first-order valence-corrected chi connectivity index (χ1v) is 13.1. The summed E-state index contributed by atoms with van der Waals surface area (Å²) in [5.74, 6) is 0.948. The zero-order valence-corrected chi connectivity index (χ0v) is 22.9. The lowest BCUT2D eigenvalue weighted by molar-refractivity contribution is 0.162. The van der Waals surface area contributed by atoms with Crippen LogP contribution in [0.5, 0.6) is 0 Å². The number of nitrogens with zero attached hydrogens (tertiary/aromatic N) is 9. The lowest BCUT2D eigenvalue weighted by Gasteiger charge is -2.19. The zero-order valence-electron chi connectivity index (χ0n) is 22.9. The Morgan fingerprint density at radius 2 is 1.90 bits per heavy atom. The van der Waals surface area contributed by atoms with Gasteiger partial charge in [0.25, 0.3) is 0 Å². The average Bonchev–Trinajstić information content (AvgIpc) is 3.61. The van der Waals surface area contributed by atoms with E-state index in [2.05, 4.69) is 71.8 Å².